The smallest absolute Gasteiger partial charge is 0.0320 e. The van der Waals surface area contributed by atoms with Gasteiger partial charge in [0.2, 0.25) is 0 Å². The molecule has 1 saturated heterocycles. The van der Waals surface area contributed by atoms with Crippen molar-refractivity contribution < 1.29 is 0 Å². The quantitative estimate of drug-likeness (QED) is 0.867. The molecule has 1 aromatic rings. The molecule has 2 rings (SSSR count). The van der Waals surface area contributed by atoms with Crippen LogP contribution in [0.1, 0.15) is 31.7 Å². The highest BCUT2D eigenvalue weighted by Crippen LogP contribution is 2.26. The van der Waals surface area contributed by atoms with Gasteiger partial charge in [-0.3, -0.25) is 4.90 Å². The largest absolute Gasteiger partial charge is 0.327 e. The van der Waals surface area contributed by atoms with E-state index in [9.17, 15) is 0 Å². The Bertz CT molecular complexity index is 407. The van der Waals surface area contributed by atoms with Crippen LogP contribution >= 0.6 is 31.9 Å². The van der Waals surface area contributed by atoms with Crippen molar-refractivity contribution in [3.05, 3.63) is 32.7 Å². The summed E-state index contributed by atoms with van der Waals surface area (Å²) in [6, 6.07) is 7.26. The van der Waals surface area contributed by atoms with E-state index in [0.717, 1.165) is 15.5 Å². The second-order valence-corrected chi connectivity index (χ2v) is 6.85. The van der Waals surface area contributed by atoms with Gasteiger partial charge in [0.05, 0.1) is 0 Å². The molecule has 1 heterocycles. The van der Waals surface area contributed by atoms with Crippen LogP contribution in [0, 0.1) is 0 Å². The van der Waals surface area contributed by atoms with Crippen LogP contribution in [-0.4, -0.2) is 23.5 Å². The first kappa shape index (κ1) is 14.5. The zero-order chi connectivity index (χ0) is 13.1. The normalized spacial score (nSPS) is 23.0. The number of halogens is 2. The molecule has 1 aromatic carbocycles. The minimum absolute atomic E-state index is 0.254. The second-order valence-electron chi connectivity index (χ2n) is 5.14. The summed E-state index contributed by atoms with van der Waals surface area (Å²) in [6.07, 6.45) is 3.84. The van der Waals surface area contributed by atoms with Gasteiger partial charge in [0.15, 0.2) is 0 Å². The number of hydrogen-bond donors (Lipinski definition) is 1. The first-order valence-electron chi connectivity index (χ1n) is 6.51. The molecule has 0 radical (unpaired) electrons. The fraction of sp³-hybridized carbons (Fsp3) is 0.571. The summed E-state index contributed by atoms with van der Waals surface area (Å²) < 4.78 is 2.22. The van der Waals surface area contributed by atoms with Crippen LogP contribution in [0.4, 0.5) is 0 Å². The fourth-order valence-electron chi connectivity index (χ4n) is 2.68. The molecule has 0 saturated carbocycles. The lowest BCUT2D eigenvalue weighted by atomic mass is 9.96. The van der Waals surface area contributed by atoms with E-state index in [1.165, 1.54) is 31.4 Å². The number of piperidine rings is 1. The zero-order valence-electron chi connectivity index (χ0n) is 10.7. The number of nitrogens with zero attached hydrogens (tertiary/aromatic N) is 1. The molecular formula is C14H20Br2N2. The fourth-order valence-corrected chi connectivity index (χ4v) is 3.35. The van der Waals surface area contributed by atoms with Gasteiger partial charge in [0.25, 0.3) is 0 Å². The van der Waals surface area contributed by atoms with Gasteiger partial charge in [0.1, 0.15) is 0 Å². The first-order chi connectivity index (χ1) is 8.58. The summed E-state index contributed by atoms with van der Waals surface area (Å²) in [6.45, 7) is 4.29. The van der Waals surface area contributed by atoms with E-state index in [-0.39, 0.29) is 6.04 Å². The van der Waals surface area contributed by atoms with Crippen LogP contribution in [0.15, 0.2) is 27.1 Å². The Morgan fingerprint density at radius 2 is 2.11 bits per heavy atom. The molecular weight excluding hydrogens is 356 g/mol. The molecule has 100 valence electrons. The van der Waals surface area contributed by atoms with E-state index in [1.807, 2.05) is 0 Å². The molecule has 2 N–H and O–H groups in total. The molecule has 0 spiro atoms. The van der Waals surface area contributed by atoms with Gasteiger partial charge < -0.3 is 5.73 Å². The summed E-state index contributed by atoms with van der Waals surface area (Å²) in [5, 5.41) is 0. The maximum Gasteiger partial charge on any atom is 0.0320 e. The zero-order valence-corrected chi connectivity index (χ0v) is 13.9. The summed E-state index contributed by atoms with van der Waals surface area (Å²) >= 11 is 7.07. The number of hydrogen-bond acceptors (Lipinski definition) is 2. The summed E-state index contributed by atoms with van der Waals surface area (Å²) in [4.78, 5) is 2.53. The SMILES string of the molecule is CC(N)C1CCCCN1Cc1ccc(Br)c(Br)c1. The minimum atomic E-state index is 0.254. The van der Waals surface area contributed by atoms with Crippen LogP contribution in [0.3, 0.4) is 0 Å². The van der Waals surface area contributed by atoms with Gasteiger partial charge in [-0.2, -0.15) is 0 Å². The molecule has 0 amide bonds. The molecule has 4 heteroatoms. The van der Waals surface area contributed by atoms with Crippen molar-refractivity contribution in [2.75, 3.05) is 6.54 Å². The molecule has 0 bridgehead atoms. The maximum absolute atomic E-state index is 6.11. The number of rotatable bonds is 3. The van der Waals surface area contributed by atoms with Crippen molar-refractivity contribution >= 4 is 31.9 Å². The Hall–Kier alpha value is 0.1000. The predicted molar refractivity (Wildman–Crippen MR) is 83.5 cm³/mol. The van der Waals surface area contributed by atoms with E-state index < -0.39 is 0 Å². The van der Waals surface area contributed by atoms with Gasteiger partial charge in [-0.05, 0) is 75.9 Å². The van der Waals surface area contributed by atoms with Gasteiger partial charge in [-0.15, -0.1) is 0 Å². The highest BCUT2D eigenvalue weighted by Gasteiger charge is 2.25. The lowest BCUT2D eigenvalue weighted by Crippen LogP contribution is -2.48. The standard InChI is InChI=1S/C14H20Br2N2/c1-10(17)14-4-2-3-7-18(14)9-11-5-6-12(15)13(16)8-11/h5-6,8,10,14H,2-4,7,9,17H2,1H3. The molecule has 1 aliphatic rings. The average Bonchev–Trinajstić information content (AvgIpc) is 2.34. The van der Waals surface area contributed by atoms with Gasteiger partial charge >= 0.3 is 0 Å². The first-order valence-corrected chi connectivity index (χ1v) is 8.10. The van der Waals surface area contributed by atoms with Crippen molar-refractivity contribution in [3.8, 4) is 0 Å². The topological polar surface area (TPSA) is 29.3 Å². The van der Waals surface area contributed by atoms with Crippen molar-refractivity contribution in [1.29, 1.82) is 0 Å². The van der Waals surface area contributed by atoms with Crippen molar-refractivity contribution in [3.63, 3.8) is 0 Å². The number of likely N-dealkylation sites (tertiary alicyclic amines) is 1. The van der Waals surface area contributed by atoms with Gasteiger partial charge in [-0.1, -0.05) is 12.5 Å². The van der Waals surface area contributed by atoms with E-state index in [1.54, 1.807) is 0 Å². The van der Waals surface area contributed by atoms with Crippen molar-refractivity contribution in [2.45, 2.75) is 44.8 Å². The lowest BCUT2D eigenvalue weighted by Gasteiger charge is -2.38. The van der Waals surface area contributed by atoms with Gasteiger partial charge in [-0.25, -0.2) is 0 Å². The molecule has 2 atom stereocenters. The Labute approximate surface area is 126 Å². The Kier molecular flexibility index (Phi) is 5.24. The Morgan fingerprint density at radius 3 is 2.78 bits per heavy atom. The second kappa shape index (κ2) is 6.51. The third-order valence-corrected chi connectivity index (χ3v) is 5.52. The van der Waals surface area contributed by atoms with Crippen molar-refractivity contribution in [1.82, 2.24) is 4.90 Å². The average molecular weight is 376 g/mol. The third-order valence-electron chi connectivity index (χ3n) is 3.64. The van der Waals surface area contributed by atoms with E-state index in [2.05, 4.69) is 61.9 Å². The van der Waals surface area contributed by atoms with Crippen LogP contribution in [-0.2, 0) is 6.54 Å². The summed E-state index contributed by atoms with van der Waals surface area (Å²) in [7, 11) is 0. The Morgan fingerprint density at radius 1 is 1.33 bits per heavy atom. The van der Waals surface area contributed by atoms with Crippen LogP contribution in [0.2, 0.25) is 0 Å². The van der Waals surface area contributed by atoms with Crippen LogP contribution in [0.5, 0.6) is 0 Å². The molecule has 0 aliphatic carbocycles. The maximum atomic E-state index is 6.11. The number of nitrogens with two attached hydrogens (primary N) is 1. The highest BCUT2D eigenvalue weighted by molar-refractivity contribution is 9.13. The lowest BCUT2D eigenvalue weighted by molar-refractivity contribution is 0.123. The van der Waals surface area contributed by atoms with Crippen LogP contribution in [0.25, 0.3) is 0 Å². The minimum Gasteiger partial charge on any atom is -0.327 e. The molecule has 18 heavy (non-hydrogen) atoms. The monoisotopic (exact) mass is 374 g/mol. The highest BCUT2D eigenvalue weighted by atomic mass is 79.9. The molecule has 1 aliphatic heterocycles. The molecule has 0 aromatic heterocycles. The number of benzene rings is 1. The molecule has 2 nitrogen and oxygen atoms in total. The van der Waals surface area contributed by atoms with E-state index in [0.29, 0.717) is 6.04 Å². The molecule has 2 unspecified atom stereocenters. The van der Waals surface area contributed by atoms with E-state index in [4.69, 9.17) is 5.73 Å². The molecule has 1 fully saturated rings. The summed E-state index contributed by atoms with van der Waals surface area (Å²) in [5.41, 5.74) is 7.45. The van der Waals surface area contributed by atoms with Crippen LogP contribution < -0.4 is 5.73 Å². The Balaban J connectivity index is 2.08. The van der Waals surface area contributed by atoms with Gasteiger partial charge in [0, 0.05) is 27.6 Å². The van der Waals surface area contributed by atoms with E-state index >= 15 is 0 Å². The van der Waals surface area contributed by atoms with Crippen molar-refractivity contribution in [2.24, 2.45) is 5.73 Å². The predicted octanol–water partition coefficient (Wildman–Crippen LogP) is 3.91. The summed E-state index contributed by atoms with van der Waals surface area (Å²) in [5.74, 6) is 0. The third kappa shape index (κ3) is 3.56.